The average Bonchev–Trinajstić information content (AvgIpc) is 2.66. The fourth-order valence-corrected chi connectivity index (χ4v) is 2.45. The molecule has 6 heteroatoms. The molecule has 3 heterocycles. The summed E-state index contributed by atoms with van der Waals surface area (Å²) in [5, 5.41) is 7.91. The highest BCUT2D eigenvalue weighted by molar-refractivity contribution is 5.72. The van der Waals surface area contributed by atoms with E-state index in [1.807, 2.05) is 0 Å². The van der Waals surface area contributed by atoms with Crippen molar-refractivity contribution in [1.29, 1.82) is 0 Å². The van der Waals surface area contributed by atoms with Crippen LogP contribution < -0.4 is 11.1 Å². The zero-order valence-electron chi connectivity index (χ0n) is 9.07. The number of nitrogens with two attached hydrogens (primary N) is 1. The Balaban J connectivity index is 1.96. The summed E-state index contributed by atoms with van der Waals surface area (Å²) in [4.78, 5) is 12.8. The molecule has 0 aromatic carbocycles. The van der Waals surface area contributed by atoms with Gasteiger partial charge in [-0.05, 0) is 0 Å². The van der Waals surface area contributed by atoms with Crippen LogP contribution in [-0.4, -0.2) is 33.8 Å². The maximum absolute atomic E-state index is 11.2. The van der Waals surface area contributed by atoms with Crippen LogP contribution in [0, 0.1) is 0 Å². The minimum Gasteiger partial charge on any atom is -0.351 e. The van der Waals surface area contributed by atoms with Crippen LogP contribution in [0.4, 0.5) is 4.79 Å². The summed E-state index contributed by atoms with van der Waals surface area (Å²) in [6.45, 7) is 4.02. The topological polar surface area (TPSA) is 76.2 Å². The Kier molecular flexibility index (Phi) is 2.10. The zero-order valence-corrected chi connectivity index (χ0v) is 9.07. The van der Waals surface area contributed by atoms with Crippen molar-refractivity contribution in [2.75, 3.05) is 13.1 Å². The lowest BCUT2D eigenvalue weighted by Gasteiger charge is -2.25. The monoisotopic (exact) mass is 221 g/mol. The third-order valence-corrected chi connectivity index (χ3v) is 3.32. The smallest absolute Gasteiger partial charge is 0.315 e. The van der Waals surface area contributed by atoms with Gasteiger partial charge in [0.25, 0.3) is 0 Å². The largest absolute Gasteiger partial charge is 0.351 e. The van der Waals surface area contributed by atoms with Crippen LogP contribution in [0.1, 0.15) is 17.0 Å². The van der Waals surface area contributed by atoms with Gasteiger partial charge < -0.3 is 16.0 Å². The first-order valence-corrected chi connectivity index (χ1v) is 5.58. The van der Waals surface area contributed by atoms with Gasteiger partial charge in [0.05, 0.1) is 24.5 Å². The first-order chi connectivity index (χ1) is 7.75. The Labute approximate surface area is 93.4 Å². The minimum absolute atomic E-state index is 0.339. The second-order valence-corrected chi connectivity index (χ2v) is 4.28. The van der Waals surface area contributed by atoms with Crippen LogP contribution in [0.5, 0.6) is 0 Å². The van der Waals surface area contributed by atoms with Crippen LogP contribution in [0.25, 0.3) is 0 Å². The molecule has 0 fully saturated rings. The van der Waals surface area contributed by atoms with Crippen molar-refractivity contribution in [3.05, 3.63) is 17.0 Å². The van der Waals surface area contributed by atoms with Crippen molar-refractivity contribution < 1.29 is 4.79 Å². The standard InChI is InChI=1S/C10H15N5O/c11-10(16)14-3-1-8-7(6-14)9-5-12-2-4-15(9)13-8/h12H,1-6H2,(H2,11,16). The third-order valence-electron chi connectivity index (χ3n) is 3.32. The van der Waals surface area contributed by atoms with E-state index >= 15 is 0 Å². The van der Waals surface area contributed by atoms with E-state index in [4.69, 9.17) is 5.73 Å². The van der Waals surface area contributed by atoms with Gasteiger partial charge >= 0.3 is 6.03 Å². The van der Waals surface area contributed by atoms with E-state index in [0.29, 0.717) is 13.1 Å². The molecule has 0 saturated heterocycles. The summed E-state index contributed by atoms with van der Waals surface area (Å²) < 4.78 is 2.06. The molecule has 0 saturated carbocycles. The third kappa shape index (κ3) is 1.37. The van der Waals surface area contributed by atoms with Gasteiger partial charge in [0.15, 0.2) is 0 Å². The number of fused-ring (bicyclic) bond motifs is 3. The van der Waals surface area contributed by atoms with Gasteiger partial charge in [0.2, 0.25) is 0 Å². The number of amides is 2. The van der Waals surface area contributed by atoms with E-state index in [1.165, 1.54) is 11.3 Å². The minimum atomic E-state index is -0.339. The molecule has 0 bridgehead atoms. The van der Waals surface area contributed by atoms with Crippen LogP contribution in [0.3, 0.4) is 0 Å². The molecule has 2 aliphatic rings. The molecule has 0 spiro atoms. The van der Waals surface area contributed by atoms with Gasteiger partial charge in [-0.15, -0.1) is 0 Å². The molecule has 86 valence electrons. The number of hydrogen-bond donors (Lipinski definition) is 2. The van der Waals surface area contributed by atoms with Gasteiger partial charge in [-0.1, -0.05) is 0 Å². The Morgan fingerprint density at radius 3 is 3.12 bits per heavy atom. The van der Waals surface area contributed by atoms with E-state index in [9.17, 15) is 4.79 Å². The molecule has 2 aliphatic heterocycles. The summed E-state index contributed by atoms with van der Waals surface area (Å²) in [7, 11) is 0. The molecule has 0 radical (unpaired) electrons. The Morgan fingerprint density at radius 1 is 1.44 bits per heavy atom. The molecular formula is C10H15N5O. The SMILES string of the molecule is NC(=O)N1CCc2nn3c(c2C1)CNCC3. The van der Waals surface area contributed by atoms with E-state index < -0.39 is 0 Å². The first-order valence-electron chi connectivity index (χ1n) is 5.58. The van der Waals surface area contributed by atoms with Gasteiger partial charge in [0, 0.05) is 31.6 Å². The molecule has 16 heavy (non-hydrogen) atoms. The summed E-state index contributed by atoms with van der Waals surface area (Å²) >= 11 is 0. The van der Waals surface area contributed by atoms with Crippen LogP contribution >= 0.6 is 0 Å². The summed E-state index contributed by atoms with van der Waals surface area (Å²) in [5.41, 5.74) is 8.86. The molecular weight excluding hydrogens is 206 g/mol. The highest BCUT2D eigenvalue weighted by atomic mass is 16.2. The molecule has 0 atom stereocenters. The lowest BCUT2D eigenvalue weighted by Crippen LogP contribution is -2.39. The van der Waals surface area contributed by atoms with Gasteiger partial charge in [0.1, 0.15) is 0 Å². The second-order valence-electron chi connectivity index (χ2n) is 4.28. The molecule has 0 aliphatic carbocycles. The maximum atomic E-state index is 11.2. The molecule has 1 aromatic rings. The number of carbonyl (C=O) groups is 1. The summed E-state index contributed by atoms with van der Waals surface area (Å²) in [6, 6.07) is -0.339. The summed E-state index contributed by atoms with van der Waals surface area (Å²) in [6.07, 6.45) is 0.818. The van der Waals surface area contributed by atoms with E-state index in [1.54, 1.807) is 4.90 Å². The molecule has 6 nitrogen and oxygen atoms in total. The molecule has 3 N–H and O–H groups in total. The normalized spacial score (nSPS) is 19.1. The quantitative estimate of drug-likeness (QED) is 0.615. The molecule has 2 amide bonds. The lowest BCUT2D eigenvalue weighted by molar-refractivity contribution is 0.202. The van der Waals surface area contributed by atoms with Crippen LogP contribution in [-0.2, 0) is 26.1 Å². The van der Waals surface area contributed by atoms with Crippen molar-refractivity contribution in [1.82, 2.24) is 20.0 Å². The van der Waals surface area contributed by atoms with Crippen LogP contribution in [0.2, 0.25) is 0 Å². The van der Waals surface area contributed by atoms with Crippen molar-refractivity contribution in [2.24, 2.45) is 5.73 Å². The van der Waals surface area contributed by atoms with Crippen molar-refractivity contribution >= 4 is 6.03 Å². The highest BCUT2D eigenvalue weighted by Crippen LogP contribution is 2.23. The number of carbonyl (C=O) groups excluding carboxylic acids is 1. The number of nitrogens with one attached hydrogen (secondary N) is 1. The van der Waals surface area contributed by atoms with Crippen molar-refractivity contribution in [3.8, 4) is 0 Å². The van der Waals surface area contributed by atoms with Crippen LogP contribution in [0.15, 0.2) is 0 Å². The first kappa shape index (κ1) is 9.65. The second kappa shape index (κ2) is 3.48. The Morgan fingerprint density at radius 2 is 2.31 bits per heavy atom. The predicted octanol–water partition coefficient (Wildman–Crippen LogP) is -0.577. The molecule has 3 rings (SSSR count). The maximum Gasteiger partial charge on any atom is 0.315 e. The number of rotatable bonds is 0. The van der Waals surface area contributed by atoms with E-state index in [2.05, 4.69) is 15.1 Å². The lowest BCUT2D eigenvalue weighted by atomic mass is 10.1. The average molecular weight is 221 g/mol. The number of aromatic nitrogens is 2. The van der Waals surface area contributed by atoms with Gasteiger partial charge in [-0.25, -0.2) is 4.79 Å². The van der Waals surface area contributed by atoms with E-state index in [0.717, 1.165) is 31.7 Å². The van der Waals surface area contributed by atoms with Crippen molar-refractivity contribution in [3.63, 3.8) is 0 Å². The highest BCUT2D eigenvalue weighted by Gasteiger charge is 2.26. The van der Waals surface area contributed by atoms with Gasteiger partial charge in [-0.3, -0.25) is 4.68 Å². The number of nitrogens with zero attached hydrogens (tertiary/aromatic N) is 3. The Bertz CT molecular complexity index is 439. The fraction of sp³-hybridized carbons (Fsp3) is 0.600. The number of hydrogen-bond acceptors (Lipinski definition) is 3. The number of urea groups is 1. The van der Waals surface area contributed by atoms with Gasteiger partial charge in [-0.2, -0.15) is 5.10 Å². The molecule has 1 aromatic heterocycles. The summed E-state index contributed by atoms with van der Waals surface area (Å²) in [5.74, 6) is 0. The number of primary amides is 1. The Hall–Kier alpha value is -1.56. The van der Waals surface area contributed by atoms with E-state index in [-0.39, 0.29) is 6.03 Å². The zero-order chi connectivity index (χ0) is 11.1. The molecule has 0 unspecified atom stereocenters. The fourth-order valence-electron chi connectivity index (χ4n) is 2.45. The van der Waals surface area contributed by atoms with Crippen molar-refractivity contribution in [2.45, 2.75) is 26.1 Å². The predicted molar refractivity (Wildman–Crippen MR) is 57.6 cm³/mol.